The molecule has 0 aromatic carbocycles. The van der Waals surface area contributed by atoms with Gasteiger partial charge >= 0.3 is 0 Å². The molecule has 15 heavy (non-hydrogen) atoms. The SMILES string of the molecule is CCC(CCO)Nc1ncc(Cl)cc1N. The number of hydrogen-bond acceptors (Lipinski definition) is 4. The van der Waals surface area contributed by atoms with Gasteiger partial charge in [-0.2, -0.15) is 0 Å². The molecule has 0 amide bonds. The van der Waals surface area contributed by atoms with Crippen LogP contribution in [0.3, 0.4) is 0 Å². The number of rotatable bonds is 5. The second-order valence-electron chi connectivity index (χ2n) is 3.35. The van der Waals surface area contributed by atoms with Crippen LogP contribution >= 0.6 is 11.6 Å². The van der Waals surface area contributed by atoms with E-state index in [2.05, 4.69) is 10.3 Å². The van der Waals surface area contributed by atoms with Gasteiger partial charge in [0, 0.05) is 18.8 Å². The maximum absolute atomic E-state index is 8.85. The maximum Gasteiger partial charge on any atom is 0.149 e. The molecule has 0 saturated carbocycles. The summed E-state index contributed by atoms with van der Waals surface area (Å²) in [6.45, 7) is 2.19. The Balaban J connectivity index is 2.70. The van der Waals surface area contributed by atoms with Crippen molar-refractivity contribution in [2.24, 2.45) is 0 Å². The lowest BCUT2D eigenvalue weighted by atomic mass is 10.1. The first-order valence-electron chi connectivity index (χ1n) is 4.95. The first-order chi connectivity index (χ1) is 7.17. The number of anilines is 2. The zero-order chi connectivity index (χ0) is 11.3. The van der Waals surface area contributed by atoms with Gasteiger partial charge in [0.15, 0.2) is 0 Å². The summed E-state index contributed by atoms with van der Waals surface area (Å²) in [6.07, 6.45) is 3.14. The Labute approximate surface area is 94.5 Å². The summed E-state index contributed by atoms with van der Waals surface area (Å²) in [5.41, 5.74) is 6.28. The van der Waals surface area contributed by atoms with Gasteiger partial charge in [0.25, 0.3) is 0 Å². The van der Waals surface area contributed by atoms with Crippen molar-refractivity contribution in [1.29, 1.82) is 0 Å². The Morgan fingerprint density at radius 2 is 2.40 bits per heavy atom. The quantitative estimate of drug-likeness (QED) is 0.721. The Morgan fingerprint density at radius 3 is 2.93 bits per heavy atom. The van der Waals surface area contributed by atoms with E-state index in [1.807, 2.05) is 6.92 Å². The van der Waals surface area contributed by atoms with Gasteiger partial charge in [0.2, 0.25) is 0 Å². The standard InChI is InChI=1S/C10H16ClN3O/c1-2-8(3-4-15)14-10-9(12)5-7(11)6-13-10/h5-6,8,15H,2-4,12H2,1H3,(H,13,14). The van der Waals surface area contributed by atoms with Crippen molar-refractivity contribution in [3.8, 4) is 0 Å². The average molecular weight is 230 g/mol. The molecular formula is C10H16ClN3O. The number of nitrogens with zero attached hydrogens (tertiary/aromatic N) is 1. The Bertz CT molecular complexity index is 320. The highest BCUT2D eigenvalue weighted by molar-refractivity contribution is 6.30. The number of nitrogen functional groups attached to an aromatic ring is 1. The van der Waals surface area contributed by atoms with E-state index in [1.54, 1.807) is 12.3 Å². The lowest BCUT2D eigenvalue weighted by Gasteiger charge is -2.17. The van der Waals surface area contributed by atoms with Crippen molar-refractivity contribution >= 4 is 23.1 Å². The smallest absolute Gasteiger partial charge is 0.149 e. The van der Waals surface area contributed by atoms with E-state index in [-0.39, 0.29) is 12.6 Å². The van der Waals surface area contributed by atoms with Gasteiger partial charge in [-0.05, 0) is 18.9 Å². The molecule has 0 aliphatic carbocycles. The van der Waals surface area contributed by atoms with E-state index < -0.39 is 0 Å². The summed E-state index contributed by atoms with van der Waals surface area (Å²) >= 11 is 5.74. The van der Waals surface area contributed by atoms with Crippen molar-refractivity contribution in [3.63, 3.8) is 0 Å². The topological polar surface area (TPSA) is 71.2 Å². The van der Waals surface area contributed by atoms with E-state index in [4.69, 9.17) is 22.4 Å². The van der Waals surface area contributed by atoms with Crippen molar-refractivity contribution in [2.45, 2.75) is 25.8 Å². The van der Waals surface area contributed by atoms with E-state index in [0.717, 1.165) is 6.42 Å². The third-order valence-corrected chi connectivity index (χ3v) is 2.40. The highest BCUT2D eigenvalue weighted by Crippen LogP contribution is 2.20. The summed E-state index contributed by atoms with van der Waals surface area (Å²) in [6, 6.07) is 1.84. The molecule has 0 aliphatic rings. The van der Waals surface area contributed by atoms with Crippen LogP contribution in [0.5, 0.6) is 0 Å². The predicted molar refractivity (Wildman–Crippen MR) is 63.1 cm³/mol. The zero-order valence-corrected chi connectivity index (χ0v) is 9.46. The second-order valence-corrected chi connectivity index (χ2v) is 3.79. The molecule has 0 bridgehead atoms. The van der Waals surface area contributed by atoms with E-state index in [9.17, 15) is 0 Å². The first-order valence-corrected chi connectivity index (χ1v) is 5.33. The van der Waals surface area contributed by atoms with Gasteiger partial charge in [-0.1, -0.05) is 18.5 Å². The van der Waals surface area contributed by atoms with E-state index >= 15 is 0 Å². The molecule has 0 saturated heterocycles. The van der Waals surface area contributed by atoms with Gasteiger partial charge in [-0.15, -0.1) is 0 Å². The monoisotopic (exact) mass is 229 g/mol. The third kappa shape index (κ3) is 3.57. The molecule has 1 aromatic heterocycles. The molecule has 1 unspecified atom stereocenters. The minimum Gasteiger partial charge on any atom is -0.396 e. The third-order valence-electron chi connectivity index (χ3n) is 2.20. The summed E-state index contributed by atoms with van der Waals surface area (Å²) in [5.74, 6) is 0.625. The molecule has 5 heteroatoms. The minimum absolute atomic E-state index is 0.152. The molecule has 1 aromatic rings. The van der Waals surface area contributed by atoms with Crippen LogP contribution < -0.4 is 11.1 Å². The number of aliphatic hydroxyl groups excluding tert-OH is 1. The minimum atomic E-state index is 0.152. The molecule has 0 spiro atoms. The molecule has 1 rings (SSSR count). The van der Waals surface area contributed by atoms with Crippen LogP contribution in [0.1, 0.15) is 19.8 Å². The van der Waals surface area contributed by atoms with Gasteiger partial charge in [-0.3, -0.25) is 0 Å². The fraction of sp³-hybridized carbons (Fsp3) is 0.500. The lowest BCUT2D eigenvalue weighted by molar-refractivity contribution is 0.278. The van der Waals surface area contributed by atoms with Crippen LogP contribution in [0.2, 0.25) is 5.02 Å². The van der Waals surface area contributed by atoms with Crippen LogP contribution in [-0.4, -0.2) is 22.7 Å². The van der Waals surface area contributed by atoms with Crippen molar-refractivity contribution in [2.75, 3.05) is 17.7 Å². The number of aromatic nitrogens is 1. The molecule has 0 aliphatic heterocycles. The number of halogens is 1. The van der Waals surface area contributed by atoms with E-state index in [1.165, 1.54) is 0 Å². The fourth-order valence-electron chi connectivity index (χ4n) is 1.30. The fourth-order valence-corrected chi connectivity index (χ4v) is 1.47. The highest BCUT2D eigenvalue weighted by Gasteiger charge is 2.08. The van der Waals surface area contributed by atoms with Gasteiger partial charge in [0.05, 0.1) is 10.7 Å². The first kappa shape index (κ1) is 12.1. The number of aliphatic hydroxyl groups is 1. The van der Waals surface area contributed by atoms with Crippen LogP contribution in [0.4, 0.5) is 11.5 Å². The average Bonchev–Trinajstić information content (AvgIpc) is 2.21. The molecule has 1 atom stereocenters. The number of hydrogen-bond donors (Lipinski definition) is 3. The van der Waals surface area contributed by atoms with Crippen LogP contribution in [-0.2, 0) is 0 Å². The summed E-state index contributed by atoms with van der Waals surface area (Å²) < 4.78 is 0. The van der Waals surface area contributed by atoms with Crippen molar-refractivity contribution < 1.29 is 5.11 Å². The highest BCUT2D eigenvalue weighted by atomic mass is 35.5. The Hall–Kier alpha value is -1.00. The van der Waals surface area contributed by atoms with Crippen LogP contribution in [0, 0.1) is 0 Å². The molecular weight excluding hydrogens is 214 g/mol. The van der Waals surface area contributed by atoms with Gasteiger partial charge < -0.3 is 16.2 Å². The lowest BCUT2D eigenvalue weighted by Crippen LogP contribution is -2.21. The summed E-state index contributed by atoms with van der Waals surface area (Å²) in [5, 5.41) is 12.5. The van der Waals surface area contributed by atoms with E-state index in [0.29, 0.717) is 22.9 Å². The number of pyridine rings is 1. The van der Waals surface area contributed by atoms with Crippen molar-refractivity contribution in [3.05, 3.63) is 17.3 Å². The van der Waals surface area contributed by atoms with Crippen molar-refractivity contribution in [1.82, 2.24) is 4.98 Å². The second kappa shape index (κ2) is 5.78. The summed E-state index contributed by atoms with van der Waals surface area (Å²) in [7, 11) is 0. The molecule has 4 N–H and O–H groups in total. The molecule has 0 fully saturated rings. The number of nitrogens with one attached hydrogen (secondary N) is 1. The normalized spacial score (nSPS) is 12.5. The molecule has 84 valence electrons. The van der Waals surface area contributed by atoms with Gasteiger partial charge in [0.1, 0.15) is 5.82 Å². The van der Waals surface area contributed by atoms with Crippen LogP contribution in [0.25, 0.3) is 0 Å². The van der Waals surface area contributed by atoms with Gasteiger partial charge in [-0.25, -0.2) is 4.98 Å². The molecule has 4 nitrogen and oxygen atoms in total. The molecule has 0 radical (unpaired) electrons. The zero-order valence-electron chi connectivity index (χ0n) is 8.70. The predicted octanol–water partition coefficient (Wildman–Crippen LogP) is 1.89. The summed E-state index contributed by atoms with van der Waals surface area (Å²) in [4.78, 5) is 4.10. The largest absolute Gasteiger partial charge is 0.396 e. The Kier molecular flexibility index (Phi) is 4.65. The maximum atomic E-state index is 8.85. The number of nitrogens with two attached hydrogens (primary N) is 1. The van der Waals surface area contributed by atoms with Crippen LogP contribution in [0.15, 0.2) is 12.3 Å². The Morgan fingerprint density at radius 1 is 1.67 bits per heavy atom. The molecule has 1 heterocycles.